The Labute approximate surface area is 160 Å². The van der Waals surface area contributed by atoms with Crippen LogP contribution in [0.5, 0.6) is 0 Å². The molecule has 1 saturated heterocycles. The Balaban J connectivity index is 1.64. The highest BCUT2D eigenvalue weighted by molar-refractivity contribution is 8.00. The maximum Gasteiger partial charge on any atom is 0.191 e. The lowest BCUT2D eigenvalue weighted by atomic mass is 9.95. The van der Waals surface area contributed by atoms with Gasteiger partial charge in [-0.1, -0.05) is 18.2 Å². The van der Waals surface area contributed by atoms with Crippen LogP contribution in [-0.2, 0) is 10.2 Å². The maximum absolute atomic E-state index is 14.2. The van der Waals surface area contributed by atoms with Gasteiger partial charge in [-0.3, -0.25) is 4.99 Å². The highest BCUT2D eigenvalue weighted by atomic mass is 32.2. The van der Waals surface area contributed by atoms with Gasteiger partial charge in [0.2, 0.25) is 0 Å². The largest absolute Gasteiger partial charge is 0.381 e. The average Bonchev–Trinajstić information content (AvgIpc) is 3.46. The van der Waals surface area contributed by atoms with Gasteiger partial charge in [-0.2, -0.15) is 11.8 Å². The average molecular weight is 380 g/mol. The molecule has 1 aliphatic carbocycles. The molecule has 0 bridgehead atoms. The highest BCUT2D eigenvalue weighted by Crippen LogP contribution is 2.48. The third-order valence-corrected chi connectivity index (χ3v) is 7.00. The maximum atomic E-state index is 14.2. The standard InChI is InChI=1S/C20H30FN3OS/c1-3-22-18(24-15-20(26-2)10-12-25-13-11-20)23-14-19(8-9-19)16-6-4-5-7-17(16)21/h4-7H,3,8-15H2,1-2H3,(H2,22,23,24). The van der Waals surface area contributed by atoms with Crippen molar-refractivity contribution in [2.24, 2.45) is 4.99 Å². The number of ether oxygens (including phenoxy) is 1. The molecule has 2 fully saturated rings. The number of nitrogens with zero attached hydrogens (tertiary/aromatic N) is 1. The first-order chi connectivity index (χ1) is 12.6. The first-order valence-electron chi connectivity index (χ1n) is 9.53. The van der Waals surface area contributed by atoms with Crippen molar-refractivity contribution < 1.29 is 9.13 Å². The Kier molecular flexibility index (Phi) is 6.46. The Hall–Kier alpha value is -1.27. The third-order valence-electron chi connectivity index (χ3n) is 5.60. The fraction of sp³-hybridized carbons (Fsp3) is 0.650. The van der Waals surface area contributed by atoms with Gasteiger partial charge >= 0.3 is 0 Å². The normalized spacial score (nSPS) is 21.3. The van der Waals surface area contributed by atoms with Gasteiger partial charge in [-0.05, 0) is 50.5 Å². The fourth-order valence-corrected chi connectivity index (χ4v) is 4.34. The number of halogens is 1. The van der Waals surface area contributed by atoms with E-state index in [0.29, 0.717) is 0 Å². The molecule has 0 aromatic heterocycles. The first kappa shape index (κ1) is 19.5. The molecule has 0 spiro atoms. The molecule has 1 heterocycles. The minimum Gasteiger partial charge on any atom is -0.381 e. The minimum absolute atomic E-state index is 0.0859. The molecule has 2 N–H and O–H groups in total. The Morgan fingerprint density at radius 3 is 2.54 bits per heavy atom. The van der Waals surface area contributed by atoms with Crippen LogP contribution in [0.3, 0.4) is 0 Å². The molecule has 1 aromatic carbocycles. The smallest absolute Gasteiger partial charge is 0.191 e. The van der Waals surface area contributed by atoms with Crippen molar-refractivity contribution in [2.45, 2.75) is 42.8 Å². The highest BCUT2D eigenvalue weighted by Gasteiger charge is 2.45. The van der Waals surface area contributed by atoms with E-state index in [-0.39, 0.29) is 16.0 Å². The Morgan fingerprint density at radius 2 is 1.92 bits per heavy atom. The van der Waals surface area contributed by atoms with Crippen molar-refractivity contribution in [3.05, 3.63) is 35.6 Å². The second kappa shape index (κ2) is 8.61. The van der Waals surface area contributed by atoms with Gasteiger partial charge in [0.1, 0.15) is 5.82 Å². The molecule has 2 aliphatic rings. The van der Waals surface area contributed by atoms with Crippen molar-refractivity contribution in [3.8, 4) is 0 Å². The summed E-state index contributed by atoms with van der Waals surface area (Å²) in [6, 6.07) is 7.15. The predicted octanol–water partition coefficient (Wildman–Crippen LogP) is 3.32. The SMILES string of the molecule is CCNC(=NCC1(SC)CCOCC1)NCC1(c2ccccc2F)CC1. The van der Waals surface area contributed by atoms with Crippen molar-refractivity contribution in [2.75, 3.05) is 39.1 Å². The second-order valence-corrected chi connectivity index (χ2v) is 8.58. The van der Waals surface area contributed by atoms with Crippen molar-refractivity contribution >= 4 is 17.7 Å². The summed E-state index contributed by atoms with van der Waals surface area (Å²) < 4.78 is 19.9. The van der Waals surface area contributed by atoms with Crippen LogP contribution in [0, 0.1) is 5.82 Å². The molecule has 6 heteroatoms. The van der Waals surface area contributed by atoms with Crippen LogP contribution in [-0.4, -0.2) is 49.8 Å². The summed E-state index contributed by atoms with van der Waals surface area (Å²) in [6.07, 6.45) is 6.28. The van der Waals surface area contributed by atoms with Crippen LogP contribution in [0.2, 0.25) is 0 Å². The number of benzene rings is 1. The van der Waals surface area contributed by atoms with E-state index in [1.165, 1.54) is 0 Å². The third kappa shape index (κ3) is 4.52. The van der Waals surface area contributed by atoms with Crippen LogP contribution in [0.15, 0.2) is 29.3 Å². The van der Waals surface area contributed by atoms with E-state index in [1.807, 2.05) is 23.9 Å². The summed E-state index contributed by atoms with van der Waals surface area (Å²) in [5, 5.41) is 6.80. The lowest BCUT2D eigenvalue weighted by Crippen LogP contribution is -2.43. The van der Waals surface area contributed by atoms with E-state index in [2.05, 4.69) is 23.8 Å². The number of aliphatic imine (C=N–C) groups is 1. The fourth-order valence-electron chi connectivity index (χ4n) is 3.57. The van der Waals surface area contributed by atoms with Gasteiger partial charge in [0.05, 0.1) is 6.54 Å². The molecular formula is C20H30FN3OS. The molecule has 0 unspecified atom stereocenters. The molecule has 144 valence electrons. The summed E-state index contributed by atoms with van der Waals surface area (Å²) in [5.74, 6) is 0.729. The quantitative estimate of drug-likeness (QED) is 0.564. The van der Waals surface area contributed by atoms with Crippen LogP contribution in [0.25, 0.3) is 0 Å². The molecule has 1 saturated carbocycles. The zero-order valence-corrected chi connectivity index (χ0v) is 16.6. The summed E-state index contributed by atoms with van der Waals surface area (Å²) in [6.45, 7) is 6.01. The van der Waals surface area contributed by atoms with Gasteiger partial charge < -0.3 is 15.4 Å². The minimum atomic E-state index is -0.0997. The van der Waals surface area contributed by atoms with Gasteiger partial charge in [0.25, 0.3) is 0 Å². The van der Waals surface area contributed by atoms with Crippen LogP contribution in [0.1, 0.15) is 38.2 Å². The van der Waals surface area contributed by atoms with Gasteiger partial charge in [0.15, 0.2) is 5.96 Å². The molecule has 26 heavy (non-hydrogen) atoms. The van der Waals surface area contributed by atoms with E-state index in [4.69, 9.17) is 9.73 Å². The molecule has 0 radical (unpaired) electrons. The number of hydrogen-bond acceptors (Lipinski definition) is 3. The zero-order valence-electron chi connectivity index (χ0n) is 15.8. The van der Waals surface area contributed by atoms with Gasteiger partial charge in [0, 0.05) is 36.5 Å². The molecule has 4 nitrogen and oxygen atoms in total. The summed E-state index contributed by atoms with van der Waals surface area (Å²) in [5.41, 5.74) is 0.741. The monoisotopic (exact) mass is 379 g/mol. The van der Waals surface area contributed by atoms with Crippen LogP contribution < -0.4 is 10.6 Å². The second-order valence-electron chi connectivity index (χ2n) is 7.31. The predicted molar refractivity (Wildman–Crippen MR) is 108 cm³/mol. The molecule has 3 rings (SSSR count). The summed E-state index contributed by atoms with van der Waals surface area (Å²) >= 11 is 1.90. The first-order valence-corrected chi connectivity index (χ1v) is 10.8. The van der Waals surface area contributed by atoms with Crippen molar-refractivity contribution in [1.82, 2.24) is 10.6 Å². The lowest BCUT2D eigenvalue weighted by Gasteiger charge is -2.34. The van der Waals surface area contributed by atoms with E-state index in [9.17, 15) is 4.39 Å². The van der Waals surface area contributed by atoms with Gasteiger partial charge in [-0.25, -0.2) is 4.39 Å². The molecular weight excluding hydrogens is 349 g/mol. The number of hydrogen-bond donors (Lipinski definition) is 2. The van der Waals surface area contributed by atoms with Gasteiger partial charge in [-0.15, -0.1) is 0 Å². The van der Waals surface area contributed by atoms with E-state index >= 15 is 0 Å². The van der Waals surface area contributed by atoms with Crippen LogP contribution >= 0.6 is 11.8 Å². The zero-order chi connectivity index (χ0) is 18.5. The Morgan fingerprint density at radius 1 is 1.19 bits per heavy atom. The molecule has 1 aromatic rings. The molecule has 0 amide bonds. The van der Waals surface area contributed by atoms with E-state index in [1.54, 1.807) is 12.1 Å². The number of rotatable bonds is 7. The van der Waals surface area contributed by atoms with Crippen molar-refractivity contribution in [1.29, 1.82) is 0 Å². The number of thioether (sulfide) groups is 1. The number of guanidine groups is 1. The summed E-state index contributed by atoms with van der Waals surface area (Å²) in [4.78, 5) is 4.85. The van der Waals surface area contributed by atoms with E-state index < -0.39 is 0 Å². The summed E-state index contributed by atoms with van der Waals surface area (Å²) in [7, 11) is 0. The number of nitrogens with one attached hydrogen (secondary N) is 2. The van der Waals surface area contributed by atoms with Crippen molar-refractivity contribution in [3.63, 3.8) is 0 Å². The van der Waals surface area contributed by atoms with Crippen LogP contribution in [0.4, 0.5) is 4.39 Å². The molecule has 1 aliphatic heterocycles. The topological polar surface area (TPSA) is 45.7 Å². The van der Waals surface area contributed by atoms with E-state index in [0.717, 1.165) is 70.1 Å². The Bertz CT molecular complexity index is 627. The lowest BCUT2D eigenvalue weighted by molar-refractivity contribution is 0.0794. The molecule has 0 atom stereocenters.